The van der Waals surface area contributed by atoms with Gasteiger partial charge in [-0.25, -0.2) is 4.42 Å². The molecule has 0 aliphatic carbocycles. The van der Waals surface area contributed by atoms with Crippen LogP contribution in [0.3, 0.4) is 0 Å². The number of alkyl halides is 2. The zero-order valence-electron chi connectivity index (χ0n) is 6.60. The molecule has 1 amide bonds. The van der Waals surface area contributed by atoms with E-state index >= 15 is 0 Å². The Balaban J connectivity index is 2.75. The predicted molar refractivity (Wildman–Crippen MR) is 56.9 cm³/mol. The first kappa shape index (κ1) is 10.4. The summed E-state index contributed by atoms with van der Waals surface area (Å²) in [5.74, 6) is -0.450. The van der Waals surface area contributed by atoms with Crippen LogP contribution < -0.4 is 0 Å². The summed E-state index contributed by atoms with van der Waals surface area (Å²) in [4.78, 5) is 11.5. The van der Waals surface area contributed by atoms with Crippen LogP contribution in [-0.2, 0) is 4.46 Å². The molecular weight excluding hydrogens is 268 g/mol. The molecule has 0 fully saturated rings. The highest BCUT2D eigenvalue weighted by Gasteiger charge is 2.48. The lowest BCUT2D eigenvalue weighted by Gasteiger charge is -2.20. The topological polar surface area (TPSA) is 20.3 Å². The largest absolute Gasteiger partial charge is 0.271 e. The molecule has 6 heteroatoms. The predicted octanol–water partition coefficient (Wildman–Crippen LogP) is 3.54. The van der Waals surface area contributed by atoms with E-state index in [1.165, 1.54) is 0 Å². The van der Waals surface area contributed by atoms with Crippen molar-refractivity contribution in [1.82, 2.24) is 4.42 Å². The molecule has 1 aliphatic heterocycles. The van der Waals surface area contributed by atoms with Gasteiger partial charge >= 0.3 is 0 Å². The van der Waals surface area contributed by atoms with Crippen molar-refractivity contribution in [3.05, 3.63) is 34.3 Å². The quantitative estimate of drug-likeness (QED) is 0.401. The summed E-state index contributed by atoms with van der Waals surface area (Å²) in [5.41, 5.74) is 0.669. The van der Waals surface area contributed by atoms with Crippen molar-refractivity contribution in [3.8, 4) is 0 Å². The lowest BCUT2D eigenvalue weighted by atomic mass is 10.1. The molecule has 0 saturated carbocycles. The fraction of sp³-hybridized carbons (Fsp3) is 0.125. The molecule has 2 rings (SSSR count). The highest BCUT2D eigenvalue weighted by Crippen LogP contribution is 2.49. The van der Waals surface area contributed by atoms with Gasteiger partial charge in [-0.2, -0.15) is 0 Å². The smallest absolute Gasteiger partial charge is 0.268 e. The maximum Gasteiger partial charge on any atom is 0.271 e. The Kier molecular flexibility index (Phi) is 2.35. The molecule has 0 bridgehead atoms. The number of carbonyl (C=O) groups excluding carboxylic acids is 1. The van der Waals surface area contributed by atoms with Crippen molar-refractivity contribution in [2.75, 3.05) is 0 Å². The van der Waals surface area contributed by atoms with Crippen molar-refractivity contribution >= 4 is 52.5 Å². The molecule has 0 saturated heterocycles. The number of nitrogens with zero attached hydrogens (tertiary/aromatic N) is 1. The first-order valence-electron chi connectivity index (χ1n) is 3.63. The van der Waals surface area contributed by atoms with Crippen LogP contribution in [-0.4, -0.2) is 10.3 Å². The second kappa shape index (κ2) is 3.17. The van der Waals surface area contributed by atoms with E-state index in [-0.39, 0.29) is 0 Å². The Labute approximate surface area is 100 Å². The van der Waals surface area contributed by atoms with Crippen LogP contribution in [0.4, 0.5) is 0 Å². The number of carbonyl (C=O) groups is 1. The Morgan fingerprint density at radius 3 is 2.50 bits per heavy atom. The van der Waals surface area contributed by atoms with Gasteiger partial charge in [0.05, 0.1) is 5.56 Å². The molecule has 0 N–H and O–H groups in total. The van der Waals surface area contributed by atoms with Crippen molar-refractivity contribution in [2.24, 2.45) is 0 Å². The summed E-state index contributed by atoms with van der Waals surface area (Å²) in [6.45, 7) is 0. The van der Waals surface area contributed by atoms with Crippen LogP contribution in [0.5, 0.6) is 0 Å². The zero-order chi connectivity index (χ0) is 10.5. The number of amides is 1. The molecular formula is C8H3Cl4NO. The molecule has 1 aliphatic rings. The molecule has 74 valence electrons. The molecule has 0 radical (unpaired) electrons. The van der Waals surface area contributed by atoms with Crippen molar-refractivity contribution in [1.29, 1.82) is 0 Å². The Morgan fingerprint density at radius 2 is 1.93 bits per heavy atom. The Hall–Kier alpha value is -0.150. The third-order valence-electron chi connectivity index (χ3n) is 1.97. The van der Waals surface area contributed by atoms with E-state index < -0.39 is 10.4 Å². The van der Waals surface area contributed by atoms with Crippen LogP contribution >= 0.6 is 46.6 Å². The first-order valence-corrected chi connectivity index (χ1v) is 5.10. The number of hydrogen-bond acceptors (Lipinski definition) is 1. The maximum absolute atomic E-state index is 11.5. The molecule has 0 unspecified atom stereocenters. The van der Waals surface area contributed by atoms with Gasteiger partial charge in [0.2, 0.25) is 4.46 Å². The van der Waals surface area contributed by atoms with Gasteiger partial charge in [0.15, 0.2) is 0 Å². The van der Waals surface area contributed by atoms with Crippen LogP contribution in [0.25, 0.3) is 0 Å². The zero-order valence-corrected chi connectivity index (χ0v) is 9.62. The van der Waals surface area contributed by atoms with Crippen LogP contribution in [0.1, 0.15) is 15.9 Å². The van der Waals surface area contributed by atoms with Gasteiger partial charge in [-0.1, -0.05) is 40.9 Å². The fourth-order valence-corrected chi connectivity index (χ4v) is 2.48. The molecule has 14 heavy (non-hydrogen) atoms. The monoisotopic (exact) mass is 269 g/mol. The molecule has 1 aromatic carbocycles. The SMILES string of the molecule is O=C1c2cccc(Cl)c2C(Cl)(Cl)N1Cl. The average molecular weight is 271 g/mol. The second-order valence-corrected chi connectivity index (χ2v) is 4.82. The minimum absolute atomic E-state index is 0.323. The van der Waals surface area contributed by atoms with E-state index in [1.54, 1.807) is 18.2 Å². The lowest BCUT2D eigenvalue weighted by molar-refractivity contribution is 0.0866. The number of rotatable bonds is 0. The number of benzene rings is 1. The van der Waals surface area contributed by atoms with Crippen molar-refractivity contribution in [3.63, 3.8) is 0 Å². The standard InChI is InChI=1S/C8H3Cl4NO/c9-5-3-1-2-4-6(5)8(10,11)13(12)7(4)14/h1-3H. The fourth-order valence-electron chi connectivity index (χ4n) is 1.34. The van der Waals surface area contributed by atoms with E-state index in [1.807, 2.05) is 0 Å². The summed E-state index contributed by atoms with van der Waals surface area (Å²) in [7, 11) is 0. The minimum Gasteiger partial charge on any atom is -0.268 e. The molecule has 0 atom stereocenters. The molecule has 2 nitrogen and oxygen atoms in total. The number of halogens is 4. The maximum atomic E-state index is 11.5. The van der Waals surface area contributed by atoms with Gasteiger partial charge < -0.3 is 0 Å². The molecule has 1 aromatic rings. The first-order chi connectivity index (χ1) is 6.46. The molecule has 0 spiro atoms. The van der Waals surface area contributed by atoms with Crippen LogP contribution in [0, 0.1) is 0 Å². The third-order valence-corrected chi connectivity index (χ3v) is 3.58. The van der Waals surface area contributed by atoms with E-state index in [0.717, 1.165) is 4.42 Å². The van der Waals surface area contributed by atoms with E-state index in [4.69, 9.17) is 46.6 Å². The van der Waals surface area contributed by atoms with Crippen molar-refractivity contribution in [2.45, 2.75) is 4.46 Å². The van der Waals surface area contributed by atoms with Gasteiger partial charge in [-0.3, -0.25) is 4.79 Å². The normalized spacial score (nSPS) is 18.6. The molecule has 0 aromatic heterocycles. The minimum atomic E-state index is -1.59. The van der Waals surface area contributed by atoms with E-state index in [0.29, 0.717) is 16.1 Å². The van der Waals surface area contributed by atoms with Gasteiger partial charge in [0.1, 0.15) is 0 Å². The van der Waals surface area contributed by atoms with Gasteiger partial charge in [0, 0.05) is 22.4 Å². The van der Waals surface area contributed by atoms with Crippen LogP contribution in [0.15, 0.2) is 18.2 Å². The van der Waals surface area contributed by atoms with Gasteiger partial charge in [-0.15, -0.1) is 0 Å². The van der Waals surface area contributed by atoms with Gasteiger partial charge in [0.25, 0.3) is 5.91 Å². The summed E-state index contributed by atoms with van der Waals surface area (Å²) < 4.78 is -0.862. The number of hydrogen-bond donors (Lipinski definition) is 0. The van der Waals surface area contributed by atoms with E-state index in [2.05, 4.69) is 0 Å². The third kappa shape index (κ3) is 1.22. The second-order valence-electron chi connectivity index (χ2n) is 2.79. The summed E-state index contributed by atoms with van der Waals surface area (Å²) >= 11 is 23.3. The number of fused-ring (bicyclic) bond motifs is 1. The highest BCUT2D eigenvalue weighted by atomic mass is 35.5. The lowest BCUT2D eigenvalue weighted by Crippen LogP contribution is -2.26. The Bertz CT molecular complexity index is 418. The van der Waals surface area contributed by atoms with E-state index in [9.17, 15) is 4.79 Å². The average Bonchev–Trinajstić information content (AvgIpc) is 2.29. The van der Waals surface area contributed by atoms with Crippen molar-refractivity contribution < 1.29 is 4.79 Å². The summed E-state index contributed by atoms with van der Waals surface area (Å²) in [5, 5.41) is 0.323. The van der Waals surface area contributed by atoms with Crippen LogP contribution in [0.2, 0.25) is 5.02 Å². The molecule has 1 heterocycles. The highest BCUT2D eigenvalue weighted by molar-refractivity contribution is 6.54. The summed E-state index contributed by atoms with van der Waals surface area (Å²) in [6, 6.07) is 4.81. The Morgan fingerprint density at radius 1 is 1.29 bits per heavy atom. The summed E-state index contributed by atoms with van der Waals surface area (Å²) in [6.07, 6.45) is 0. The van der Waals surface area contributed by atoms with Gasteiger partial charge in [-0.05, 0) is 12.1 Å².